The third kappa shape index (κ3) is 3.10. The molecule has 0 aromatic carbocycles. The smallest absolute Gasteiger partial charge is 0.300 e. The van der Waals surface area contributed by atoms with E-state index in [9.17, 15) is 9.90 Å². The van der Waals surface area contributed by atoms with E-state index in [2.05, 4.69) is 20.3 Å². The predicted molar refractivity (Wildman–Crippen MR) is 95.1 cm³/mol. The average molecular weight is 371 g/mol. The van der Waals surface area contributed by atoms with Gasteiger partial charge in [-0.05, 0) is 18.2 Å². The molecular formula is C19H13N7O2. The normalized spacial score (nSPS) is 10.5. The Morgan fingerprint density at radius 1 is 1.29 bits per heavy atom. The third-order valence-corrected chi connectivity index (χ3v) is 4.10. The maximum absolute atomic E-state index is 13.0. The molecule has 0 radical (unpaired) electrons. The lowest BCUT2D eigenvalue weighted by Crippen LogP contribution is -2.37. The van der Waals surface area contributed by atoms with E-state index in [1.54, 1.807) is 36.8 Å². The van der Waals surface area contributed by atoms with Crippen LogP contribution in [0.4, 0.5) is 5.82 Å². The van der Waals surface area contributed by atoms with Crippen LogP contribution in [0.3, 0.4) is 0 Å². The molecular weight excluding hydrogens is 358 g/mol. The minimum atomic E-state index is -0.614. The van der Waals surface area contributed by atoms with Gasteiger partial charge in [0.25, 0.3) is 11.6 Å². The second kappa shape index (κ2) is 7.13. The molecule has 0 aliphatic carbocycles. The highest BCUT2D eigenvalue weighted by Gasteiger charge is 2.25. The summed E-state index contributed by atoms with van der Waals surface area (Å²) in [5, 5.41) is 24.6. The molecule has 0 saturated carbocycles. The summed E-state index contributed by atoms with van der Waals surface area (Å²) in [6.07, 6.45) is 7.69. The number of carbonyl (C=O) groups excluding carboxylic acids is 1. The Labute approximate surface area is 159 Å². The Kier molecular flexibility index (Phi) is 4.35. The molecule has 1 N–H and O–H groups in total. The molecule has 4 heterocycles. The van der Waals surface area contributed by atoms with Crippen molar-refractivity contribution in [1.29, 1.82) is 5.26 Å². The molecule has 4 aromatic heterocycles. The zero-order valence-electron chi connectivity index (χ0n) is 14.5. The Morgan fingerprint density at radius 2 is 2.11 bits per heavy atom. The van der Waals surface area contributed by atoms with Crippen LogP contribution in [0.15, 0.2) is 61.4 Å². The van der Waals surface area contributed by atoms with Crippen molar-refractivity contribution in [2.75, 3.05) is 5.32 Å². The van der Waals surface area contributed by atoms with Crippen molar-refractivity contribution in [1.82, 2.24) is 19.4 Å². The largest absolute Gasteiger partial charge is 0.839 e. The van der Waals surface area contributed by atoms with Crippen LogP contribution >= 0.6 is 0 Å². The van der Waals surface area contributed by atoms with Gasteiger partial charge in [0.2, 0.25) is 5.69 Å². The van der Waals surface area contributed by atoms with Crippen molar-refractivity contribution in [2.45, 2.75) is 6.54 Å². The van der Waals surface area contributed by atoms with Gasteiger partial charge in [0, 0.05) is 30.2 Å². The molecule has 0 atom stereocenters. The third-order valence-electron chi connectivity index (χ3n) is 4.10. The average Bonchev–Trinajstić information content (AvgIpc) is 3.00. The monoisotopic (exact) mass is 371 g/mol. The molecule has 9 heteroatoms. The number of nitrogens with zero attached hydrogens (tertiary/aromatic N) is 6. The van der Waals surface area contributed by atoms with Gasteiger partial charge in [0.1, 0.15) is 24.6 Å². The number of aromatic nitrogens is 5. The number of pyridine rings is 2. The van der Waals surface area contributed by atoms with Crippen LogP contribution in [0.5, 0.6) is 5.88 Å². The molecule has 0 unspecified atom stereocenters. The quantitative estimate of drug-likeness (QED) is 0.526. The first kappa shape index (κ1) is 17.1. The highest BCUT2D eigenvalue weighted by molar-refractivity contribution is 6.04. The standard InChI is InChI=1S/C19H13N7O2/c20-8-13-4-5-23-15(7-13)24-18(27)17-19(28)26(11-14-9-21-12-22-10-14)16-3-1-2-6-25(16)17/h1-7,9-10,12H,11H2,(H-,23,24,27,28). The highest BCUT2D eigenvalue weighted by atomic mass is 16.3. The van der Waals surface area contributed by atoms with Gasteiger partial charge in [0.05, 0.1) is 17.8 Å². The van der Waals surface area contributed by atoms with Gasteiger partial charge in [-0.3, -0.25) is 4.79 Å². The van der Waals surface area contributed by atoms with Crippen LogP contribution in [0.25, 0.3) is 5.65 Å². The molecule has 1 amide bonds. The van der Waals surface area contributed by atoms with Gasteiger partial charge in [-0.1, -0.05) is 6.07 Å². The molecule has 0 saturated heterocycles. The fourth-order valence-corrected chi connectivity index (χ4v) is 2.88. The molecule has 136 valence electrons. The van der Waals surface area contributed by atoms with Crippen LogP contribution in [0, 0.1) is 11.3 Å². The summed E-state index contributed by atoms with van der Waals surface area (Å²) in [4.78, 5) is 24.8. The number of fused-ring (bicyclic) bond motifs is 1. The van der Waals surface area contributed by atoms with Crippen LogP contribution < -0.4 is 15.0 Å². The van der Waals surface area contributed by atoms with Gasteiger partial charge in [0.15, 0.2) is 0 Å². The number of anilines is 1. The van der Waals surface area contributed by atoms with E-state index in [1.165, 1.54) is 33.6 Å². The summed E-state index contributed by atoms with van der Waals surface area (Å²) in [5.74, 6) is -0.877. The molecule has 4 rings (SSSR count). The predicted octanol–water partition coefficient (Wildman–Crippen LogP) is 0.658. The van der Waals surface area contributed by atoms with Crippen LogP contribution in [-0.2, 0) is 6.54 Å². The lowest BCUT2D eigenvalue weighted by molar-refractivity contribution is -0.704. The first-order valence-corrected chi connectivity index (χ1v) is 8.28. The van der Waals surface area contributed by atoms with E-state index >= 15 is 0 Å². The fraction of sp³-hybridized carbons (Fsp3) is 0.0526. The summed E-state index contributed by atoms with van der Waals surface area (Å²) in [5.41, 5.74) is 1.58. The first-order chi connectivity index (χ1) is 13.7. The van der Waals surface area contributed by atoms with E-state index in [4.69, 9.17) is 5.26 Å². The van der Waals surface area contributed by atoms with Crippen molar-refractivity contribution in [3.05, 3.63) is 78.3 Å². The number of hydrogen-bond donors (Lipinski definition) is 1. The second-order valence-corrected chi connectivity index (χ2v) is 5.91. The van der Waals surface area contributed by atoms with Gasteiger partial charge >= 0.3 is 0 Å². The summed E-state index contributed by atoms with van der Waals surface area (Å²) in [6.45, 7) is 0.225. The minimum Gasteiger partial charge on any atom is -0.839 e. The van der Waals surface area contributed by atoms with E-state index < -0.39 is 11.8 Å². The van der Waals surface area contributed by atoms with E-state index in [0.29, 0.717) is 11.2 Å². The molecule has 28 heavy (non-hydrogen) atoms. The maximum atomic E-state index is 13.0. The summed E-state index contributed by atoms with van der Waals surface area (Å²) < 4.78 is 3.00. The van der Waals surface area contributed by atoms with Gasteiger partial charge in [-0.25, -0.2) is 19.5 Å². The summed E-state index contributed by atoms with van der Waals surface area (Å²) in [6, 6.07) is 10.2. The zero-order chi connectivity index (χ0) is 19.5. The number of nitrogens with one attached hydrogen (secondary N) is 1. The Balaban J connectivity index is 1.75. The lowest BCUT2D eigenvalue weighted by atomic mass is 10.3. The van der Waals surface area contributed by atoms with Crippen LogP contribution in [0.1, 0.15) is 21.6 Å². The lowest BCUT2D eigenvalue weighted by Gasteiger charge is -2.07. The Hall–Kier alpha value is -4.32. The van der Waals surface area contributed by atoms with Crippen LogP contribution in [-0.4, -0.2) is 25.3 Å². The van der Waals surface area contributed by atoms with E-state index in [0.717, 1.165) is 5.56 Å². The number of nitriles is 1. The molecule has 0 spiro atoms. The van der Waals surface area contributed by atoms with E-state index in [-0.39, 0.29) is 18.1 Å². The number of rotatable bonds is 4. The molecule has 0 fully saturated rings. The number of hydrogen-bond acceptors (Lipinski definition) is 6. The summed E-state index contributed by atoms with van der Waals surface area (Å²) in [7, 11) is 0. The summed E-state index contributed by atoms with van der Waals surface area (Å²) >= 11 is 0. The molecule has 9 nitrogen and oxygen atoms in total. The maximum Gasteiger partial charge on any atom is 0.300 e. The van der Waals surface area contributed by atoms with Crippen molar-refractivity contribution in [2.24, 2.45) is 0 Å². The van der Waals surface area contributed by atoms with Gasteiger partial charge in [-0.2, -0.15) is 9.66 Å². The number of imidazole rings is 1. The van der Waals surface area contributed by atoms with Crippen LogP contribution in [0.2, 0.25) is 0 Å². The topological polar surface area (TPSA) is 123 Å². The number of carbonyl (C=O) groups is 1. The minimum absolute atomic E-state index is 0.0587. The van der Waals surface area contributed by atoms with E-state index in [1.807, 2.05) is 6.07 Å². The number of amides is 1. The van der Waals surface area contributed by atoms with Gasteiger partial charge < -0.3 is 10.4 Å². The van der Waals surface area contributed by atoms with Gasteiger partial charge in [-0.15, -0.1) is 0 Å². The Bertz CT molecular complexity index is 1210. The first-order valence-electron chi connectivity index (χ1n) is 8.28. The fourth-order valence-electron chi connectivity index (χ4n) is 2.88. The SMILES string of the molecule is N#Cc1ccnc(NC(=O)c2c([O-])[n+](Cc3cncnc3)c3ccccn23)c1. The molecule has 4 aromatic rings. The molecule has 0 aliphatic heterocycles. The second-order valence-electron chi connectivity index (χ2n) is 5.91. The van der Waals surface area contributed by atoms with Crippen molar-refractivity contribution >= 4 is 17.4 Å². The van der Waals surface area contributed by atoms with Crippen molar-refractivity contribution in [3.63, 3.8) is 0 Å². The van der Waals surface area contributed by atoms with Crippen molar-refractivity contribution < 1.29 is 14.5 Å². The molecule has 0 bridgehead atoms. The van der Waals surface area contributed by atoms with Crippen molar-refractivity contribution in [3.8, 4) is 11.9 Å². The molecule has 0 aliphatic rings. The highest BCUT2D eigenvalue weighted by Crippen LogP contribution is 2.17. The zero-order valence-corrected chi connectivity index (χ0v) is 14.5. The Morgan fingerprint density at radius 3 is 2.89 bits per heavy atom.